The Labute approximate surface area is 163 Å². The summed E-state index contributed by atoms with van der Waals surface area (Å²) in [5.41, 5.74) is 0.512. The van der Waals surface area contributed by atoms with Crippen LogP contribution in [0, 0.1) is 23.0 Å². The number of benzene rings is 2. The number of aromatic nitrogens is 2. The third-order valence-corrected chi connectivity index (χ3v) is 5.64. The number of aromatic amines is 1. The van der Waals surface area contributed by atoms with Crippen LogP contribution in [-0.4, -0.2) is 25.0 Å². The number of nitriles is 1. The summed E-state index contributed by atoms with van der Waals surface area (Å²) in [7, 11) is -4.24. The van der Waals surface area contributed by atoms with E-state index < -0.39 is 39.7 Å². The van der Waals surface area contributed by atoms with Gasteiger partial charge >= 0.3 is 0 Å². The Hall–Kier alpha value is -3.71. The average molecular weight is 414 g/mol. The summed E-state index contributed by atoms with van der Waals surface area (Å²) in [4.78, 5) is 7.00. The van der Waals surface area contributed by atoms with Crippen LogP contribution in [0.2, 0.25) is 0 Å². The lowest BCUT2D eigenvalue weighted by atomic mass is 10.1. The summed E-state index contributed by atoms with van der Waals surface area (Å²) >= 11 is 0. The highest BCUT2D eigenvalue weighted by atomic mass is 32.2. The Morgan fingerprint density at radius 2 is 2.03 bits per heavy atom. The Morgan fingerprint density at radius 1 is 1.21 bits per heavy atom. The quantitative estimate of drug-likeness (QED) is 0.518. The zero-order chi connectivity index (χ0) is 20.6. The first-order valence-corrected chi connectivity index (χ1v) is 9.75. The van der Waals surface area contributed by atoms with Gasteiger partial charge in [0.2, 0.25) is 0 Å². The highest BCUT2D eigenvalue weighted by Gasteiger charge is 2.23. The van der Waals surface area contributed by atoms with Crippen molar-refractivity contribution in [3.63, 3.8) is 0 Å². The molecule has 0 atom stereocenters. The van der Waals surface area contributed by atoms with Gasteiger partial charge in [-0.15, -0.1) is 0 Å². The molecule has 0 saturated heterocycles. The smallest absolute Gasteiger partial charge is 0.264 e. The summed E-state index contributed by atoms with van der Waals surface area (Å²) in [6.45, 7) is -0.473. The third-order valence-electron chi connectivity index (χ3n) is 4.24. The van der Waals surface area contributed by atoms with Crippen LogP contribution in [0.4, 0.5) is 14.5 Å². The second-order valence-corrected chi connectivity index (χ2v) is 7.68. The van der Waals surface area contributed by atoms with Gasteiger partial charge in [-0.05, 0) is 6.07 Å². The van der Waals surface area contributed by atoms with E-state index in [2.05, 4.69) is 9.97 Å². The van der Waals surface area contributed by atoms with Gasteiger partial charge < -0.3 is 9.72 Å². The first-order chi connectivity index (χ1) is 13.9. The second kappa shape index (κ2) is 7.03. The molecule has 2 aromatic heterocycles. The second-order valence-electron chi connectivity index (χ2n) is 6.03. The fraction of sp³-hybridized carbons (Fsp3) is 0.0526. The van der Waals surface area contributed by atoms with Gasteiger partial charge in [0.25, 0.3) is 10.0 Å². The summed E-state index contributed by atoms with van der Waals surface area (Å²) in [6, 6.07) is 9.90. The van der Waals surface area contributed by atoms with Crippen molar-refractivity contribution >= 4 is 37.5 Å². The van der Waals surface area contributed by atoms with Crippen molar-refractivity contribution in [3.05, 3.63) is 60.4 Å². The van der Waals surface area contributed by atoms with Crippen LogP contribution in [0.1, 0.15) is 0 Å². The molecule has 10 heteroatoms. The van der Waals surface area contributed by atoms with E-state index in [4.69, 9.17) is 10.00 Å². The molecule has 0 radical (unpaired) electrons. The van der Waals surface area contributed by atoms with Gasteiger partial charge in [0.05, 0.1) is 16.7 Å². The molecule has 7 nitrogen and oxygen atoms in total. The number of rotatable bonds is 5. The van der Waals surface area contributed by atoms with E-state index in [1.165, 1.54) is 6.20 Å². The van der Waals surface area contributed by atoms with E-state index in [1.54, 1.807) is 30.5 Å². The molecule has 0 fully saturated rings. The molecule has 0 spiro atoms. The molecule has 0 saturated carbocycles. The van der Waals surface area contributed by atoms with E-state index >= 15 is 0 Å². The van der Waals surface area contributed by atoms with Crippen LogP contribution in [0.25, 0.3) is 21.8 Å². The van der Waals surface area contributed by atoms with Crippen LogP contribution in [0.3, 0.4) is 0 Å². The Kier molecular flexibility index (Phi) is 4.52. The van der Waals surface area contributed by atoms with Gasteiger partial charge in [-0.2, -0.15) is 5.26 Å². The van der Waals surface area contributed by atoms with Crippen molar-refractivity contribution in [2.24, 2.45) is 0 Å². The summed E-state index contributed by atoms with van der Waals surface area (Å²) in [5.74, 6) is -2.54. The standard InChI is InChI=1S/C19H12F2N4O3S/c20-13-9-16(28-7-5-22)14(21)8-15(13)25-29(26,27)17-10-24-19-12(17)4-3-11-2-1-6-23-18(11)19/h1-4,6,8-10,24-25H,7H2. The highest BCUT2D eigenvalue weighted by Crippen LogP contribution is 2.31. The van der Waals surface area contributed by atoms with E-state index in [-0.39, 0.29) is 4.90 Å². The summed E-state index contributed by atoms with van der Waals surface area (Å²) in [6.07, 6.45) is 2.85. The molecule has 2 N–H and O–H groups in total. The third kappa shape index (κ3) is 3.32. The molecule has 0 aliphatic carbocycles. The molecule has 0 unspecified atom stereocenters. The Bertz CT molecular complexity index is 1390. The van der Waals surface area contributed by atoms with Crippen LogP contribution < -0.4 is 9.46 Å². The molecule has 0 bridgehead atoms. The molecule has 29 heavy (non-hydrogen) atoms. The van der Waals surface area contributed by atoms with E-state index in [9.17, 15) is 17.2 Å². The predicted molar refractivity (Wildman–Crippen MR) is 102 cm³/mol. The number of hydrogen-bond donors (Lipinski definition) is 2. The number of fused-ring (bicyclic) bond motifs is 3. The lowest BCUT2D eigenvalue weighted by Gasteiger charge is -2.11. The van der Waals surface area contributed by atoms with Crippen molar-refractivity contribution in [2.45, 2.75) is 4.90 Å². The van der Waals surface area contributed by atoms with Gasteiger partial charge in [-0.3, -0.25) is 9.71 Å². The summed E-state index contributed by atoms with van der Waals surface area (Å²) < 4.78 is 60.8. The maximum absolute atomic E-state index is 14.3. The van der Waals surface area contributed by atoms with Crippen molar-refractivity contribution in [1.29, 1.82) is 5.26 Å². The van der Waals surface area contributed by atoms with Gasteiger partial charge in [-0.1, -0.05) is 18.2 Å². The maximum atomic E-state index is 14.3. The fourth-order valence-corrected chi connectivity index (χ4v) is 4.19. The normalized spacial score (nSPS) is 11.5. The van der Waals surface area contributed by atoms with Gasteiger partial charge in [0.15, 0.2) is 24.0 Å². The van der Waals surface area contributed by atoms with E-state index in [0.29, 0.717) is 28.6 Å². The summed E-state index contributed by atoms with van der Waals surface area (Å²) in [5, 5.41) is 9.64. The van der Waals surface area contributed by atoms with Gasteiger partial charge in [-0.25, -0.2) is 17.2 Å². The fourth-order valence-electron chi connectivity index (χ4n) is 2.96. The van der Waals surface area contributed by atoms with Crippen molar-refractivity contribution in [3.8, 4) is 11.8 Å². The number of sulfonamides is 1. The van der Waals surface area contributed by atoms with Crippen LogP contribution >= 0.6 is 0 Å². The minimum absolute atomic E-state index is 0.135. The number of halogens is 2. The number of anilines is 1. The molecule has 0 aliphatic rings. The number of ether oxygens (including phenoxy) is 1. The maximum Gasteiger partial charge on any atom is 0.264 e. The molecule has 2 heterocycles. The van der Waals surface area contributed by atoms with E-state index in [1.807, 2.05) is 10.8 Å². The zero-order valence-corrected chi connectivity index (χ0v) is 15.4. The van der Waals surface area contributed by atoms with Gasteiger partial charge in [0, 0.05) is 35.3 Å². The molecule has 0 aliphatic heterocycles. The first kappa shape index (κ1) is 18.6. The lowest BCUT2D eigenvalue weighted by Crippen LogP contribution is -2.14. The Morgan fingerprint density at radius 3 is 2.83 bits per heavy atom. The van der Waals surface area contributed by atoms with Crippen LogP contribution in [0.5, 0.6) is 5.75 Å². The average Bonchev–Trinajstić information content (AvgIpc) is 3.15. The van der Waals surface area contributed by atoms with Crippen molar-refractivity contribution < 1.29 is 21.9 Å². The molecule has 146 valence electrons. The molecular weight excluding hydrogens is 402 g/mol. The van der Waals surface area contributed by atoms with E-state index in [0.717, 1.165) is 5.39 Å². The number of nitrogens with one attached hydrogen (secondary N) is 2. The number of pyridine rings is 1. The highest BCUT2D eigenvalue weighted by molar-refractivity contribution is 7.93. The zero-order valence-electron chi connectivity index (χ0n) is 14.6. The van der Waals surface area contributed by atoms with Crippen molar-refractivity contribution in [1.82, 2.24) is 9.97 Å². The SMILES string of the molecule is N#CCOc1cc(F)c(NS(=O)(=O)c2c[nH]c3c2ccc2cccnc23)cc1F. The molecule has 4 aromatic rings. The van der Waals surface area contributed by atoms with Crippen molar-refractivity contribution in [2.75, 3.05) is 11.3 Å². The minimum Gasteiger partial charge on any atom is -0.476 e. The number of H-pyrrole nitrogens is 1. The molecular formula is C19H12F2N4O3S. The first-order valence-electron chi connectivity index (χ1n) is 8.27. The molecule has 4 rings (SSSR count). The number of hydrogen-bond acceptors (Lipinski definition) is 5. The molecule has 0 amide bonds. The largest absolute Gasteiger partial charge is 0.476 e. The monoisotopic (exact) mass is 414 g/mol. The minimum atomic E-state index is -4.24. The lowest BCUT2D eigenvalue weighted by molar-refractivity contribution is 0.344. The van der Waals surface area contributed by atoms with Crippen LogP contribution in [0.15, 0.2) is 53.7 Å². The topological polar surface area (TPSA) is 108 Å². The number of nitrogens with zero attached hydrogens (tertiary/aromatic N) is 2. The molecule has 2 aromatic carbocycles. The Balaban J connectivity index is 1.74. The van der Waals surface area contributed by atoms with Gasteiger partial charge in [0.1, 0.15) is 11.0 Å². The van der Waals surface area contributed by atoms with Crippen LogP contribution in [-0.2, 0) is 10.0 Å². The predicted octanol–water partition coefficient (Wildman–Crippen LogP) is 3.70.